The zero-order chi connectivity index (χ0) is 20.5. The number of hydrogen-bond donors (Lipinski definition) is 0. The number of benzene rings is 3. The number of esters is 1. The van der Waals surface area contributed by atoms with Gasteiger partial charge in [-0.2, -0.15) is 0 Å². The van der Waals surface area contributed by atoms with Crippen LogP contribution in [0.3, 0.4) is 0 Å². The molecule has 0 unspecified atom stereocenters. The van der Waals surface area contributed by atoms with Crippen molar-refractivity contribution < 1.29 is 9.53 Å². The van der Waals surface area contributed by atoms with Crippen LogP contribution in [0, 0.1) is 0 Å². The van der Waals surface area contributed by atoms with Gasteiger partial charge in [0.05, 0.1) is 0 Å². The van der Waals surface area contributed by atoms with Gasteiger partial charge in [0.1, 0.15) is 6.10 Å². The molecule has 0 amide bonds. The minimum Gasteiger partial charge on any atom is -0.457 e. The number of carbonyl (C=O) groups is 1. The lowest BCUT2D eigenvalue weighted by atomic mass is 10.1. The molecule has 3 aromatic carbocycles. The van der Waals surface area contributed by atoms with Crippen LogP contribution in [-0.2, 0) is 9.53 Å². The Bertz CT molecular complexity index is 915. The highest BCUT2D eigenvalue weighted by Crippen LogP contribution is 2.40. The third-order valence-corrected chi connectivity index (χ3v) is 6.44. The third kappa shape index (κ3) is 7.32. The lowest BCUT2D eigenvalue weighted by Gasteiger charge is -2.17. The van der Waals surface area contributed by atoms with Crippen molar-refractivity contribution in [2.24, 2.45) is 0 Å². The van der Waals surface area contributed by atoms with E-state index >= 15 is 0 Å². The third-order valence-electron chi connectivity index (χ3n) is 3.95. The smallest absolute Gasteiger partial charge is 0.303 e. The number of hydrogen-bond acceptors (Lipinski definition) is 4. The predicted molar refractivity (Wildman–Crippen MR) is 123 cm³/mol. The summed E-state index contributed by atoms with van der Waals surface area (Å²) in [6, 6.07) is 27.9. The highest BCUT2D eigenvalue weighted by Gasteiger charge is 2.15. The molecule has 0 radical (unpaired) electrons. The zero-order valence-electron chi connectivity index (χ0n) is 16.0. The molecule has 0 saturated heterocycles. The quantitative estimate of drug-likeness (QED) is 0.264. The van der Waals surface area contributed by atoms with Crippen LogP contribution < -0.4 is 0 Å². The first-order valence-electron chi connectivity index (χ1n) is 9.19. The normalized spacial score (nSPS) is 11.5. The molecule has 0 aromatic heterocycles. The average molecular weight is 441 g/mol. The Morgan fingerprint density at radius 3 is 2.03 bits per heavy atom. The van der Waals surface area contributed by atoms with Gasteiger partial charge in [-0.05, 0) is 42.0 Å². The maximum absolute atomic E-state index is 11.7. The lowest BCUT2D eigenvalue weighted by molar-refractivity contribution is -0.146. The number of ether oxygens (including phenoxy) is 1. The zero-order valence-corrected chi connectivity index (χ0v) is 18.3. The summed E-state index contributed by atoms with van der Waals surface area (Å²) in [5.41, 5.74) is 0.887. The molecule has 0 saturated carbocycles. The fraction of sp³-hybridized carbons (Fsp3) is 0.125. The van der Waals surface area contributed by atoms with Gasteiger partial charge in [0.25, 0.3) is 0 Å². The Morgan fingerprint density at radius 2 is 1.52 bits per heavy atom. The summed E-state index contributed by atoms with van der Waals surface area (Å²) >= 11 is 9.54. The Labute approximate surface area is 185 Å². The molecule has 0 aliphatic carbocycles. The Kier molecular flexibility index (Phi) is 8.29. The van der Waals surface area contributed by atoms with Crippen molar-refractivity contribution in [1.82, 2.24) is 0 Å². The minimum atomic E-state index is -0.381. The maximum Gasteiger partial charge on any atom is 0.303 e. The van der Waals surface area contributed by atoms with Crippen LogP contribution >= 0.6 is 35.1 Å². The van der Waals surface area contributed by atoms with Gasteiger partial charge in [-0.25, -0.2) is 0 Å². The van der Waals surface area contributed by atoms with Crippen LogP contribution in [0.4, 0.5) is 0 Å². The topological polar surface area (TPSA) is 26.3 Å². The summed E-state index contributed by atoms with van der Waals surface area (Å²) < 4.78 is 6.71. The molecule has 0 heterocycles. The van der Waals surface area contributed by atoms with Gasteiger partial charge >= 0.3 is 5.97 Å². The molecule has 0 N–H and O–H groups in total. The molecule has 29 heavy (non-hydrogen) atoms. The largest absolute Gasteiger partial charge is 0.457 e. The highest BCUT2D eigenvalue weighted by atomic mass is 35.5. The monoisotopic (exact) mass is 440 g/mol. The molecule has 3 rings (SSSR count). The van der Waals surface area contributed by atoms with E-state index in [2.05, 4.69) is 30.3 Å². The van der Waals surface area contributed by atoms with Crippen molar-refractivity contribution in [1.29, 1.82) is 0 Å². The summed E-state index contributed by atoms with van der Waals surface area (Å²) in [6.45, 7) is 1.43. The highest BCUT2D eigenvalue weighted by molar-refractivity contribution is 8.22. The van der Waals surface area contributed by atoms with E-state index in [1.54, 1.807) is 23.5 Å². The molecule has 0 bridgehead atoms. The average Bonchev–Trinajstić information content (AvgIpc) is 2.72. The van der Waals surface area contributed by atoms with Gasteiger partial charge in [-0.3, -0.25) is 4.79 Å². The SMILES string of the molecule is CC(=O)O[C@H](CC=C(Sc1ccccc1)Sc1ccccc1)c1cccc(Cl)c1. The van der Waals surface area contributed by atoms with Crippen LogP contribution in [0.15, 0.2) is 105 Å². The number of thioether (sulfide) groups is 2. The first-order valence-corrected chi connectivity index (χ1v) is 11.2. The molecular formula is C24H21ClO2S2. The molecule has 0 spiro atoms. The van der Waals surface area contributed by atoms with Crippen molar-refractivity contribution in [2.45, 2.75) is 29.2 Å². The van der Waals surface area contributed by atoms with Crippen LogP contribution in [0.25, 0.3) is 0 Å². The molecule has 0 aliphatic rings. The first kappa shape index (κ1) is 21.6. The van der Waals surface area contributed by atoms with Crippen molar-refractivity contribution >= 4 is 41.1 Å². The van der Waals surface area contributed by atoms with Gasteiger partial charge in [0.15, 0.2) is 0 Å². The molecule has 1 atom stereocenters. The summed E-state index contributed by atoms with van der Waals surface area (Å²) in [5.74, 6) is -0.309. The maximum atomic E-state index is 11.7. The molecule has 2 nitrogen and oxygen atoms in total. The van der Waals surface area contributed by atoms with E-state index in [1.165, 1.54) is 6.92 Å². The summed E-state index contributed by atoms with van der Waals surface area (Å²) in [5, 5.41) is 0.626. The van der Waals surface area contributed by atoms with E-state index in [4.69, 9.17) is 16.3 Å². The van der Waals surface area contributed by atoms with E-state index < -0.39 is 0 Å². The van der Waals surface area contributed by atoms with Crippen molar-refractivity contribution in [3.05, 3.63) is 106 Å². The van der Waals surface area contributed by atoms with Crippen molar-refractivity contribution in [2.75, 3.05) is 0 Å². The van der Waals surface area contributed by atoms with E-state index in [0.717, 1.165) is 19.6 Å². The minimum absolute atomic E-state index is 0.309. The fourth-order valence-electron chi connectivity index (χ4n) is 2.68. The summed E-state index contributed by atoms with van der Waals surface area (Å²) in [7, 11) is 0. The fourth-order valence-corrected chi connectivity index (χ4v) is 5.03. The van der Waals surface area contributed by atoms with E-state index in [9.17, 15) is 4.79 Å². The second-order valence-corrected chi connectivity index (χ2v) is 9.17. The van der Waals surface area contributed by atoms with Gasteiger partial charge in [-0.1, -0.05) is 89.7 Å². The Hall–Kier alpha value is -2.14. The second-order valence-electron chi connectivity index (χ2n) is 6.24. The Balaban J connectivity index is 1.84. The van der Waals surface area contributed by atoms with Crippen LogP contribution in [-0.4, -0.2) is 5.97 Å². The molecule has 0 fully saturated rings. The van der Waals surface area contributed by atoms with E-state index in [-0.39, 0.29) is 12.1 Å². The summed E-state index contributed by atoms with van der Waals surface area (Å²) in [4.78, 5) is 14.0. The first-order chi connectivity index (χ1) is 14.1. The van der Waals surface area contributed by atoms with E-state index in [0.29, 0.717) is 11.4 Å². The molecule has 3 aromatic rings. The van der Waals surface area contributed by atoms with Gasteiger partial charge in [0, 0.05) is 32.4 Å². The number of rotatable bonds is 8. The molecule has 0 aliphatic heterocycles. The second kappa shape index (κ2) is 11.1. The number of carbonyl (C=O) groups excluding carboxylic acids is 1. The van der Waals surface area contributed by atoms with Gasteiger partial charge < -0.3 is 4.74 Å². The predicted octanol–water partition coefficient (Wildman–Crippen LogP) is 7.76. The number of halogens is 1. The van der Waals surface area contributed by atoms with Gasteiger partial charge in [0.2, 0.25) is 0 Å². The van der Waals surface area contributed by atoms with Crippen molar-refractivity contribution in [3.8, 4) is 0 Å². The summed E-state index contributed by atoms with van der Waals surface area (Å²) in [6.07, 6.45) is 2.31. The van der Waals surface area contributed by atoms with Crippen LogP contribution in [0.2, 0.25) is 5.02 Å². The molecular weight excluding hydrogens is 420 g/mol. The van der Waals surface area contributed by atoms with Crippen molar-refractivity contribution in [3.63, 3.8) is 0 Å². The standard InChI is InChI=1S/C24H21ClO2S2/c1-18(26)27-23(19-9-8-10-20(25)17-19)15-16-24(28-21-11-4-2-5-12-21)29-22-13-6-3-7-14-22/h2-14,16-17,23H,15H2,1H3/t23-/m1/s1. The van der Waals surface area contributed by atoms with Gasteiger partial charge in [-0.15, -0.1) is 0 Å². The van der Waals surface area contributed by atoms with Crippen LogP contribution in [0.1, 0.15) is 25.0 Å². The Morgan fingerprint density at radius 1 is 0.931 bits per heavy atom. The van der Waals surface area contributed by atoms with Crippen LogP contribution in [0.5, 0.6) is 0 Å². The molecule has 148 valence electrons. The van der Waals surface area contributed by atoms with E-state index in [1.807, 2.05) is 60.7 Å². The molecule has 5 heteroatoms. The lowest BCUT2D eigenvalue weighted by Crippen LogP contribution is -2.08.